The Labute approximate surface area is 60.2 Å². The van der Waals surface area contributed by atoms with E-state index >= 15 is 0 Å². The number of nitrogens with zero attached hydrogens (tertiary/aromatic N) is 1. The average Bonchev–Trinajstić information content (AvgIpc) is 2.11. The fourth-order valence-corrected chi connectivity index (χ4v) is 0.632. The molecule has 1 heterocycles. The summed E-state index contributed by atoms with van der Waals surface area (Å²) in [7, 11) is 0. The molecule has 0 radical (unpaired) electrons. The maximum atomic E-state index is 5.30. The van der Waals surface area contributed by atoms with Gasteiger partial charge >= 0.3 is 0 Å². The van der Waals surface area contributed by atoms with Gasteiger partial charge in [-0.3, -0.25) is 0 Å². The van der Waals surface area contributed by atoms with E-state index in [2.05, 4.69) is 25.8 Å². The molecule has 0 amide bonds. The van der Waals surface area contributed by atoms with Crippen LogP contribution in [0.3, 0.4) is 0 Å². The molecule has 3 heteroatoms. The van der Waals surface area contributed by atoms with Gasteiger partial charge < -0.3 is 10.2 Å². The van der Waals surface area contributed by atoms with Gasteiger partial charge in [0.2, 0.25) is 0 Å². The van der Waals surface area contributed by atoms with E-state index in [0.717, 1.165) is 5.69 Å². The summed E-state index contributed by atoms with van der Waals surface area (Å²) < 4.78 is 4.86. The lowest BCUT2D eigenvalue weighted by Gasteiger charge is -2.12. The molecule has 0 unspecified atom stereocenters. The second-order valence-electron chi connectivity index (χ2n) is 3.32. The third kappa shape index (κ3) is 1.29. The number of nitrogens with two attached hydrogens (primary N) is 1. The Hall–Kier alpha value is -0.990. The van der Waals surface area contributed by atoms with Gasteiger partial charge in [0.1, 0.15) is 6.26 Å². The Morgan fingerprint density at radius 1 is 1.50 bits per heavy atom. The summed E-state index contributed by atoms with van der Waals surface area (Å²) in [6.07, 6.45) is 1.59. The number of aromatic nitrogens is 1. The molecule has 1 rings (SSSR count). The van der Waals surface area contributed by atoms with Gasteiger partial charge in [0.05, 0.1) is 5.69 Å². The molecule has 0 bridgehead atoms. The van der Waals surface area contributed by atoms with Crippen LogP contribution in [0.5, 0.6) is 0 Å². The number of hydrogen-bond acceptors (Lipinski definition) is 3. The van der Waals surface area contributed by atoms with E-state index in [0.29, 0.717) is 0 Å². The van der Waals surface area contributed by atoms with Crippen LogP contribution in [-0.2, 0) is 5.41 Å². The third-order valence-corrected chi connectivity index (χ3v) is 1.29. The van der Waals surface area contributed by atoms with Crippen LogP contribution in [0.2, 0.25) is 0 Å². The zero-order chi connectivity index (χ0) is 7.78. The SMILES string of the molecule is CC(C)(C)c1coc(N)n1. The quantitative estimate of drug-likeness (QED) is 0.594. The van der Waals surface area contributed by atoms with Gasteiger partial charge in [-0.25, -0.2) is 0 Å². The Kier molecular flexibility index (Phi) is 1.43. The second kappa shape index (κ2) is 2.01. The first kappa shape index (κ1) is 7.12. The predicted octanol–water partition coefficient (Wildman–Crippen LogP) is 1.55. The van der Waals surface area contributed by atoms with E-state index in [-0.39, 0.29) is 11.4 Å². The molecule has 0 atom stereocenters. The third-order valence-electron chi connectivity index (χ3n) is 1.29. The van der Waals surface area contributed by atoms with Crippen LogP contribution < -0.4 is 5.73 Å². The monoisotopic (exact) mass is 140 g/mol. The van der Waals surface area contributed by atoms with Crippen molar-refractivity contribution >= 4 is 6.01 Å². The zero-order valence-electron chi connectivity index (χ0n) is 6.51. The summed E-state index contributed by atoms with van der Waals surface area (Å²) in [5, 5.41) is 0. The molecule has 0 fully saturated rings. The molecule has 0 aliphatic carbocycles. The van der Waals surface area contributed by atoms with Crippen LogP contribution in [0.25, 0.3) is 0 Å². The Morgan fingerprint density at radius 3 is 2.30 bits per heavy atom. The van der Waals surface area contributed by atoms with Crippen molar-refractivity contribution in [2.45, 2.75) is 26.2 Å². The van der Waals surface area contributed by atoms with Crippen molar-refractivity contribution < 1.29 is 4.42 Å². The van der Waals surface area contributed by atoms with Crippen molar-refractivity contribution in [3.05, 3.63) is 12.0 Å². The molecule has 0 aliphatic heterocycles. The van der Waals surface area contributed by atoms with Crippen molar-refractivity contribution in [3.63, 3.8) is 0 Å². The van der Waals surface area contributed by atoms with E-state index in [9.17, 15) is 0 Å². The minimum Gasteiger partial charge on any atom is -0.432 e. The average molecular weight is 140 g/mol. The summed E-state index contributed by atoms with van der Waals surface area (Å²) in [4.78, 5) is 3.99. The fourth-order valence-electron chi connectivity index (χ4n) is 0.632. The second-order valence-corrected chi connectivity index (χ2v) is 3.32. The largest absolute Gasteiger partial charge is 0.432 e. The molecule has 2 N–H and O–H groups in total. The number of oxazole rings is 1. The number of anilines is 1. The molecule has 0 saturated carbocycles. The van der Waals surface area contributed by atoms with E-state index < -0.39 is 0 Å². The summed E-state index contributed by atoms with van der Waals surface area (Å²) in [6.45, 7) is 6.18. The lowest BCUT2D eigenvalue weighted by Crippen LogP contribution is -2.11. The molecule has 0 aliphatic rings. The predicted molar refractivity (Wildman–Crippen MR) is 39.6 cm³/mol. The summed E-state index contributed by atoms with van der Waals surface area (Å²) in [5.41, 5.74) is 6.22. The molecular formula is C7H12N2O. The van der Waals surface area contributed by atoms with Crippen molar-refractivity contribution in [3.8, 4) is 0 Å². The smallest absolute Gasteiger partial charge is 0.292 e. The topological polar surface area (TPSA) is 52.0 Å². The molecule has 0 spiro atoms. The summed E-state index contributed by atoms with van der Waals surface area (Å²) >= 11 is 0. The number of nitrogen functional groups attached to an aromatic ring is 1. The number of hydrogen-bond donors (Lipinski definition) is 1. The van der Waals surface area contributed by atoms with Crippen molar-refractivity contribution in [1.29, 1.82) is 0 Å². The van der Waals surface area contributed by atoms with Crippen molar-refractivity contribution in [1.82, 2.24) is 4.98 Å². The molecular weight excluding hydrogens is 128 g/mol. The van der Waals surface area contributed by atoms with Crippen LogP contribution in [-0.4, -0.2) is 4.98 Å². The van der Waals surface area contributed by atoms with Gasteiger partial charge in [0, 0.05) is 5.41 Å². The van der Waals surface area contributed by atoms with Gasteiger partial charge in [-0.15, -0.1) is 0 Å². The van der Waals surface area contributed by atoms with Crippen LogP contribution >= 0.6 is 0 Å². The Morgan fingerprint density at radius 2 is 2.10 bits per heavy atom. The Balaban J connectivity index is 2.96. The fraction of sp³-hybridized carbons (Fsp3) is 0.571. The number of rotatable bonds is 0. The molecule has 0 aromatic carbocycles. The summed E-state index contributed by atoms with van der Waals surface area (Å²) in [6, 6.07) is 0.241. The highest BCUT2D eigenvalue weighted by Gasteiger charge is 2.17. The molecule has 10 heavy (non-hydrogen) atoms. The first-order valence-corrected chi connectivity index (χ1v) is 3.21. The highest BCUT2D eigenvalue weighted by Crippen LogP contribution is 2.21. The van der Waals surface area contributed by atoms with Gasteiger partial charge in [-0.05, 0) is 0 Å². The van der Waals surface area contributed by atoms with Crippen LogP contribution in [0.1, 0.15) is 26.5 Å². The lowest BCUT2D eigenvalue weighted by molar-refractivity contribution is 0.545. The van der Waals surface area contributed by atoms with Gasteiger partial charge in [0.25, 0.3) is 6.01 Å². The van der Waals surface area contributed by atoms with E-state index in [1.165, 1.54) is 0 Å². The van der Waals surface area contributed by atoms with E-state index in [1.807, 2.05) is 0 Å². The molecule has 0 saturated heterocycles. The maximum Gasteiger partial charge on any atom is 0.292 e. The molecule has 3 nitrogen and oxygen atoms in total. The highest BCUT2D eigenvalue weighted by atomic mass is 16.4. The van der Waals surface area contributed by atoms with E-state index in [1.54, 1.807) is 6.26 Å². The van der Waals surface area contributed by atoms with Gasteiger partial charge in [-0.1, -0.05) is 20.8 Å². The van der Waals surface area contributed by atoms with Crippen molar-refractivity contribution in [2.75, 3.05) is 5.73 Å². The van der Waals surface area contributed by atoms with E-state index in [4.69, 9.17) is 10.2 Å². The first-order chi connectivity index (χ1) is 4.50. The van der Waals surface area contributed by atoms with Gasteiger partial charge in [-0.2, -0.15) is 4.98 Å². The summed E-state index contributed by atoms with van der Waals surface area (Å²) in [5.74, 6) is 0. The minimum atomic E-state index is 0.0289. The normalized spacial score (nSPS) is 11.9. The molecule has 56 valence electrons. The van der Waals surface area contributed by atoms with Crippen LogP contribution in [0.4, 0.5) is 6.01 Å². The van der Waals surface area contributed by atoms with Crippen LogP contribution in [0, 0.1) is 0 Å². The standard InChI is InChI=1S/C7H12N2O/c1-7(2,3)5-4-10-6(8)9-5/h4H,1-3H3,(H2,8,9). The maximum absolute atomic E-state index is 5.30. The van der Waals surface area contributed by atoms with Crippen LogP contribution in [0.15, 0.2) is 10.7 Å². The first-order valence-electron chi connectivity index (χ1n) is 3.21. The Bertz CT molecular complexity index is 222. The van der Waals surface area contributed by atoms with Gasteiger partial charge in [0.15, 0.2) is 0 Å². The molecule has 1 aromatic heterocycles. The van der Waals surface area contributed by atoms with Crippen molar-refractivity contribution in [2.24, 2.45) is 0 Å². The highest BCUT2D eigenvalue weighted by molar-refractivity contribution is 5.17. The minimum absolute atomic E-state index is 0.0289. The zero-order valence-corrected chi connectivity index (χ0v) is 6.51. The lowest BCUT2D eigenvalue weighted by atomic mass is 9.93. The molecule has 1 aromatic rings.